The van der Waals surface area contributed by atoms with Crippen LogP contribution in [0, 0.1) is 5.92 Å². The summed E-state index contributed by atoms with van der Waals surface area (Å²) in [6.45, 7) is 5.79. The molecule has 2 aromatic carbocycles. The Bertz CT molecular complexity index is 1030. The lowest BCUT2D eigenvalue weighted by Gasteiger charge is -2.31. The fraction of sp³-hybridized carbons (Fsp3) is 0.391. The van der Waals surface area contributed by atoms with Crippen LogP contribution in [0.4, 0.5) is 0 Å². The molecule has 0 radical (unpaired) electrons. The molecule has 3 rings (SSSR count). The molecule has 2 aromatic rings. The second kappa shape index (κ2) is 9.10. The van der Waals surface area contributed by atoms with Crippen LogP contribution in [0.1, 0.15) is 54.3 Å². The number of nitrogens with zero attached hydrogens (tertiary/aromatic N) is 1. The molecule has 30 heavy (non-hydrogen) atoms. The standard InChI is InChI=1S/C23H27NO5S/c1-16(2)29-21-8-4-6-19(14-21)23(26)20-7-5-13-24(15-20)30(27,28)22-11-9-18(10-12-22)17(3)25/h4,6,8-12,14,16,20H,5,7,13,15H2,1-3H3/t20-/m0/s1. The molecular weight excluding hydrogens is 402 g/mol. The minimum absolute atomic E-state index is 0.0000532. The van der Waals surface area contributed by atoms with Crippen molar-refractivity contribution in [1.29, 1.82) is 0 Å². The second-order valence-corrected chi connectivity index (χ2v) is 9.78. The molecule has 0 unspecified atom stereocenters. The zero-order valence-corrected chi connectivity index (χ0v) is 18.3. The number of ether oxygens (including phenoxy) is 1. The Balaban J connectivity index is 1.77. The minimum atomic E-state index is -3.73. The van der Waals surface area contributed by atoms with E-state index in [1.807, 2.05) is 13.8 Å². The molecule has 0 aromatic heterocycles. The molecule has 1 aliphatic heterocycles. The molecule has 1 saturated heterocycles. The normalized spacial score (nSPS) is 17.7. The Morgan fingerprint density at radius 2 is 1.77 bits per heavy atom. The molecule has 0 N–H and O–H groups in total. The Kier molecular flexibility index (Phi) is 6.73. The van der Waals surface area contributed by atoms with Gasteiger partial charge < -0.3 is 4.74 Å². The number of hydrogen-bond donors (Lipinski definition) is 0. The molecule has 0 aliphatic carbocycles. The zero-order chi connectivity index (χ0) is 21.9. The van der Waals surface area contributed by atoms with E-state index in [4.69, 9.17) is 4.74 Å². The molecule has 6 nitrogen and oxygen atoms in total. The van der Waals surface area contributed by atoms with Gasteiger partial charge in [0.1, 0.15) is 5.75 Å². The number of ketones is 2. The molecular formula is C23H27NO5S. The fourth-order valence-electron chi connectivity index (χ4n) is 3.62. The first-order valence-corrected chi connectivity index (χ1v) is 11.5. The summed E-state index contributed by atoms with van der Waals surface area (Å²) in [6, 6.07) is 13.0. The van der Waals surface area contributed by atoms with Crippen LogP contribution in [0.3, 0.4) is 0 Å². The first-order valence-electron chi connectivity index (χ1n) is 10.1. The Morgan fingerprint density at radius 1 is 1.07 bits per heavy atom. The smallest absolute Gasteiger partial charge is 0.243 e. The minimum Gasteiger partial charge on any atom is -0.491 e. The lowest BCUT2D eigenvalue weighted by Crippen LogP contribution is -2.42. The maximum Gasteiger partial charge on any atom is 0.243 e. The van der Waals surface area contributed by atoms with Crippen LogP contribution in [-0.4, -0.2) is 43.5 Å². The number of piperidine rings is 1. The number of carbonyl (C=O) groups is 2. The van der Waals surface area contributed by atoms with Crippen molar-refractivity contribution in [3.8, 4) is 5.75 Å². The summed E-state index contributed by atoms with van der Waals surface area (Å²) in [4.78, 5) is 24.6. The number of sulfonamides is 1. The maximum absolute atomic E-state index is 13.1. The predicted molar refractivity (Wildman–Crippen MR) is 114 cm³/mol. The topological polar surface area (TPSA) is 80.8 Å². The molecule has 1 fully saturated rings. The van der Waals surface area contributed by atoms with E-state index < -0.39 is 15.9 Å². The van der Waals surface area contributed by atoms with Crippen LogP contribution in [0.25, 0.3) is 0 Å². The lowest BCUT2D eigenvalue weighted by atomic mass is 9.91. The van der Waals surface area contributed by atoms with Gasteiger partial charge in [-0.2, -0.15) is 4.31 Å². The fourth-order valence-corrected chi connectivity index (χ4v) is 5.14. The van der Waals surface area contributed by atoms with Crippen LogP contribution in [0.5, 0.6) is 5.75 Å². The van der Waals surface area contributed by atoms with Crippen LogP contribution in [-0.2, 0) is 10.0 Å². The summed E-state index contributed by atoms with van der Waals surface area (Å²) >= 11 is 0. The summed E-state index contributed by atoms with van der Waals surface area (Å²) in [6.07, 6.45) is 1.26. The van der Waals surface area contributed by atoms with Crippen molar-refractivity contribution in [1.82, 2.24) is 4.31 Å². The van der Waals surface area contributed by atoms with Gasteiger partial charge in [-0.1, -0.05) is 24.3 Å². The highest BCUT2D eigenvalue weighted by Gasteiger charge is 2.33. The van der Waals surface area contributed by atoms with E-state index in [1.165, 1.54) is 35.5 Å². The number of Topliss-reactive ketones (excluding diaryl/α,β-unsaturated/α-hetero) is 2. The highest BCUT2D eigenvalue weighted by atomic mass is 32.2. The zero-order valence-electron chi connectivity index (χ0n) is 17.5. The summed E-state index contributed by atoms with van der Waals surface area (Å²) in [7, 11) is -3.73. The molecule has 160 valence electrons. The van der Waals surface area contributed by atoms with E-state index in [0.29, 0.717) is 36.3 Å². The van der Waals surface area contributed by atoms with Gasteiger partial charge >= 0.3 is 0 Å². The van der Waals surface area contributed by atoms with Crippen LogP contribution in [0.15, 0.2) is 53.4 Å². The van der Waals surface area contributed by atoms with Gasteiger partial charge in [0.2, 0.25) is 10.0 Å². The van der Waals surface area contributed by atoms with E-state index >= 15 is 0 Å². The monoisotopic (exact) mass is 429 g/mol. The maximum atomic E-state index is 13.1. The van der Waals surface area contributed by atoms with Gasteiger partial charge in [-0.05, 0) is 57.9 Å². The molecule has 0 spiro atoms. The largest absolute Gasteiger partial charge is 0.491 e. The summed E-state index contributed by atoms with van der Waals surface area (Å²) in [5.74, 6) is 0.0308. The van der Waals surface area contributed by atoms with E-state index in [-0.39, 0.29) is 29.1 Å². The summed E-state index contributed by atoms with van der Waals surface area (Å²) in [5.41, 5.74) is 0.993. The van der Waals surface area contributed by atoms with Crippen LogP contribution < -0.4 is 4.74 Å². The van der Waals surface area contributed by atoms with E-state index in [9.17, 15) is 18.0 Å². The van der Waals surface area contributed by atoms with Crippen molar-refractivity contribution in [3.63, 3.8) is 0 Å². The third kappa shape index (κ3) is 4.96. The van der Waals surface area contributed by atoms with Crippen LogP contribution >= 0.6 is 0 Å². The molecule has 7 heteroatoms. The number of rotatable bonds is 7. The van der Waals surface area contributed by atoms with E-state index in [0.717, 1.165) is 0 Å². The predicted octanol–water partition coefficient (Wildman–Crippen LogP) is 3.96. The van der Waals surface area contributed by atoms with Crippen molar-refractivity contribution < 1.29 is 22.7 Å². The quantitative estimate of drug-likeness (QED) is 0.623. The first kappa shape index (κ1) is 22.2. The summed E-state index contributed by atoms with van der Waals surface area (Å²) < 4.78 is 33.2. The second-order valence-electron chi connectivity index (χ2n) is 7.84. The van der Waals surface area contributed by atoms with Gasteiger partial charge in [0.25, 0.3) is 0 Å². The molecule has 1 aliphatic rings. The van der Waals surface area contributed by atoms with E-state index in [2.05, 4.69) is 0 Å². The highest BCUT2D eigenvalue weighted by Crippen LogP contribution is 2.27. The first-order chi connectivity index (χ1) is 14.2. The average molecular weight is 430 g/mol. The number of carbonyl (C=O) groups excluding carboxylic acids is 2. The van der Waals surface area contributed by atoms with Gasteiger partial charge in [-0.15, -0.1) is 0 Å². The number of hydrogen-bond acceptors (Lipinski definition) is 5. The van der Waals surface area contributed by atoms with Crippen molar-refractivity contribution >= 4 is 21.6 Å². The lowest BCUT2D eigenvalue weighted by molar-refractivity contribution is 0.0871. The van der Waals surface area contributed by atoms with Crippen LogP contribution in [0.2, 0.25) is 0 Å². The molecule has 0 saturated carbocycles. The Hall–Kier alpha value is -2.51. The van der Waals surface area contributed by atoms with Gasteiger partial charge in [-0.25, -0.2) is 8.42 Å². The molecule has 0 amide bonds. The number of benzene rings is 2. The van der Waals surface area contributed by atoms with E-state index in [1.54, 1.807) is 24.3 Å². The van der Waals surface area contributed by atoms with Gasteiger partial charge in [0.05, 0.1) is 11.0 Å². The summed E-state index contributed by atoms with van der Waals surface area (Å²) in [5, 5.41) is 0. The van der Waals surface area contributed by atoms with Gasteiger partial charge in [0.15, 0.2) is 11.6 Å². The molecule has 0 bridgehead atoms. The molecule has 1 heterocycles. The molecule has 1 atom stereocenters. The Morgan fingerprint density at radius 3 is 2.40 bits per heavy atom. The third-order valence-electron chi connectivity index (χ3n) is 5.14. The highest BCUT2D eigenvalue weighted by molar-refractivity contribution is 7.89. The third-order valence-corrected chi connectivity index (χ3v) is 7.02. The van der Waals surface area contributed by atoms with Crippen molar-refractivity contribution in [2.75, 3.05) is 13.1 Å². The SMILES string of the molecule is CC(=O)c1ccc(S(=O)(=O)N2CCC[C@H](C(=O)c3cccc(OC(C)C)c3)C2)cc1. The van der Waals surface area contributed by atoms with Gasteiger partial charge in [0, 0.05) is 30.1 Å². The average Bonchev–Trinajstić information content (AvgIpc) is 2.73. The van der Waals surface area contributed by atoms with Crippen molar-refractivity contribution in [2.45, 2.75) is 44.6 Å². The van der Waals surface area contributed by atoms with Gasteiger partial charge in [-0.3, -0.25) is 9.59 Å². The Labute approximate surface area is 177 Å². The van der Waals surface area contributed by atoms with Crippen molar-refractivity contribution in [3.05, 3.63) is 59.7 Å². The van der Waals surface area contributed by atoms with Crippen molar-refractivity contribution in [2.24, 2.45) is 5.92 Å².